The highest BCUT2D eigenvalue weighted by Crippen LogP contribution is 2.41. The lowest BCUT2D eigenvalue weighted by Crippen LogP contribution is -2.38. The number of piperidine rings is 1. The predicted octanol–water partition coefficient (Wildman–Crippen LogP) is 2.07. The molecule has 0 unspecified atom stereocenters. The van der Waals surface area contributed by atoms with Gasteiger partial charge in [-0.15, -0.1) is 0 Å². The fraction of sp³-hybridized carbons (Fsp3) is 0.476. The first-order valence-corrected chi connectivity index (χ1v) is 10.1. The maximum absolute atomic E-state index is 12.5. The molecule has 3 aliphatic heterocycles. The van der Waals surface area contributed by atoms with Gasteiger partial charge in [0.2, 0.25) is 6.79 Å². The molecule has 2 atom stereocenters. The number of amides is 1. The van der Waals surface area contributed by atoms with Crippen molar-refractivity contribution in [3.63, 3.8) is 0 Å². The molecule has 4 aliphatic rings. The lowest BCUT2D eigenvalue weighted by Gasteiger charge is -2.31. The SMILES string of the molecule is O=C1NCCc2c1nc(Cc1ccc3c(c1)OCO3)nc2N1C[C@H]2CC[C@H]1C2. The van der Waals surface area contributed by atoms with Crippen LogP contribution < -0.4 is 19.7 Å². The van der Waals surface area contributed by atoms with Crippen LogP contribution in [0.25, 0.3) is 0 Å². The molecule has 1 aromatic carbocycles. The van der Waals surface area contributed by atoms with Gasteiger partial charge in [-0.3, -0.25) is 4.79 Å². The van der Waals surface area contributed by atoms with Crippen LogP contribution in [-0.2, 0) is 12.8 Å². The number of hydrogen-bond donors (Lipinski definition) is 1. The van der Waals surface area contributed by atoms with Gasteiger partial charge in [0.25, 0.3) is 5.91 Å². The molecular weight excluding hydrogens is 356 g/mol. The number of fused-ring (bicyclic) bond motifs is 4. The van der Waals surface area contributed by atoms with Gasteiger partial charge in [0.05, 0.1) is 0 Å². The summed E-state index contributed by atoms with van der Waals surface area (Å²) in [5, 5.41) is 2.93. The lowest BCUT2D eigenvalue weighted by molar-refractivity contribution is 0.0940. The normalized spacial score (nSPS) is 24.4. The third-order valence-corrected chi connectivity index (χ3v) is 6.39. The Morgan fingerprint density at radius 3 is 2.96 bits per heavy atom. The molecule has 1 aliphatic carbocycles. The maximum atomic E-state index is 12.5. The third kappa shape index (κ3) is 2.52. The van der Waals surface area contributed by atoms with E-state index in [0.717, 1.165) is 47.3 Å². The Morgan fingerprint density at radius 1 is 1.18 bits per heavy atom. The highest BCUT2D eigenvalue weighted by molar-refractivity contribution is 5.96. The molecule has 1 aromatic heterocycles. The number of carbonyl (C=O) groups is 1. The van der Waals surface area contributed by atoms with Gasteiger partial charge in [-0.1, -0.05) is 6.07 Å². The summed E-state index contributed by atoms with van der Waals surface area (Å²) in [4.78, 5) is 24.6. The molecule has 1 saturated heterocycles. The number of hydrogen-bond acceptors (Lipinski definition) is 6. The second-order valence-electron chi connectivity index (χ2n) is 8.15. The Balaban J connectivity index is 1.39. The summed E-state index contributed by atoms with van der Waals surface area (Å²) in [5.41, 5.74) is 2.62. The number of nitrogens with zero attached hydrogens (tertiary/aromatic N) is 3. The molecule has 2 aromatic rings. The summed E-state index contributed by atoms with van der Waals surface area (Å²) < 4.78 is 10.9. The van der Waals surface area contributed by atoms with Crippen molar-refractivity contribution < 1.29 is 14.3 Å². The monoisotopic (exact) mass is 378 g/mol. The molecule has 4 heterocycles. The topological polar surface area (TPSA) is 76.6 Å². The van der Waals surface area contributed by atoms with E-state index >= 15 is 0 Å². The molecule has 1 saturated carbocycles. The van der Waals surface area contributed by atoms with Crippen LogP contribution in [-0.4, -0.2) is 41.8 Å². The minimum atomic E-state index is -0.0822. The number of nitrogens with one attached hydrogen (secondary N) is 1. The number of benzene rings is 1. The first kappa shape index (κ1) is 16.2. The van der Waals surface area contributed by atoms with Gasteiger partial charge in [-0.2, -0.15) is 0 Å². The first-order valence-electron chi connectivity index (χ1n) is 10.1. The average Bonchev–Trinajstić information content (AvgIpc) is 3.44. The zero-order valence-corrected chi connectivity index (χ0v) is 15.6. The van der Waals surface area contributed by atoms with Crippen molar-refractivity contribution in [2.75, 3.05) is 24.8 Å². The molecule has 2 fully saturated rings. The minimum Gasteiger partial charge on any atom is -0.454 e. The summed E-state index contributed by atoms with van der Waals surface area (Å²) in [5.74, 6) is 3.88. The van der Waals surface area contributed by atoms with E-state index in [2.05, 4.69) is 15.2 Å². The molecule has 7 heteroatoms. The Hall–Kier alpha value is -2.83. The van der Waals surface area contributed by atoms with Crippen LogP contribution in [0.1, 0.15) is 46.7 Å². The van der Waals surface area contributed by atoms with Crippen molar-refractivity contribution in [3.8, 4) is 11.5 Å². The first-order chi connectivity index (χ1) is 13.7. The Labute approximate surface area is 163 Å². The highest BCUT2D eigenvalue weighted by atomic mass is 16.7. The molecular formula is C21H22N4O3. The Bertz CT molecular complexity index is 976. The van der Waals surface area contributed by atoms with Crippen LogP contribution in [0.2, 0.25) is 0 Å². The second kappa shape index (κ2) is 6.09. The zero-order chi connectivity index (χ0) is 18.7. The van der Waals surface area contributed by atoms with Crippen LogP contribution in [0.4, 0.5) is 5.82 Å². The summed E-state index contributed by atoms with van der Waals surface area (Å²) in [6.07, 6.45) is 5.16. The van der Waals surface area contributed by atoms with E-state index in [1.165, 1.54) is 19.3 Å². The fourth-order valence-corrected chi connectivity index (χ4v) is 5.05. The Morgan fingerprint density at radius 2 is 2.11 bits per heavy atom. The van der Waals surface area contributed by atoms with Crippen molar-refractivity contribution in [2.45, 2.75) is 38.1 Å². The summed E-state index contributed by atoms with van der Waals surface area (Å²) in [7, 11) is 0. The van der Waals surface area contributed by atoms with Gasteiger partial charge in [-0.25, -0.2) is 9.97 Å². The minimum absolute atomic E-state index is 0.0822. The number of aromatic nitrogens is 2. The van der Waals surface area contributed by atoms with Crippen LogP contribution in [0, 0.1) is 5.92 Å². The second-order valence-corrected chi connectivity index (χ2v) is 8.15. The summed E-state index contributed by atoms with van der Waals surface area (Å²) in [6, 6.07) is 6.46. The molecule has 6 rings (SSSR count). The van der Waals surface area contributed by atoms with Crippen LogP contribution in [0.15, 0.2) is 18.2 Å². The van der Waals surface area contributed by atoms with Gasteiger partial charge >= 0.3 is 0 Å². The van der Waals surface area contributed by atoms with E-state index in [1.807, 2.05) is 18.2 Å². The van der Waals surface area contributed by atoms with Crippen LogP contribution >= 0.6 is 0 Å². The molecule has 0 radical (unpaired) electrons. The van der Waals surface area contributed by atoms with Crippen LogP contribution in [0.3, 0.4) is 0 Å². The van der Waals surface area contributed by atoms with Gasteiger partial charge in [0, 0.05) is 31.1 Å². The number of anilines is 1. The highest BCUT2D eigenvalue weighted by Gasteiger charge is 2.40. The van der Waals surface area contributed by atoms with E-state index in [0.29, 0.717) is 30.5 Å². The van der Waals surface area contributed by atoms with Crippen LogP contribution in [0.5, 0.6) is 11.5 Å². The summed E-state index contributed by atoms with van der Waals surface area (Å²) >= 11 is 0. The Kier molecular flexibility index (Phi) is 3.51. The largest absolute Gasteiger partial charge is 0.454 e. The molecule has 7 nitrogen and oxygen atoms in total. The van der Waals surface area contributed by atoms with E-state index in [9.17, 15) is 4.79 Å². The number of ether oxygens (including phenoxy) is 2. The van der Waals surface area contributed by atoms with Crippen molar-refractivity contribution in [2.24, 2.45) is 5.92 Å². The standard InChI is InChI=1S/C21H22N4O3/c26-21-19-15(5-6-22-21)20(25-10-13-1-3-14(25)7-13)24-18(23-19)9-12-2-4-16-17(8-12)28-11-27-16/h2,4,8,13-14H,1,3,5-7,9-11H2,(H,22,26)/t13-,14-/m0/s1. The molecule has 1 amide bonds. The number of rotatable bonds is 3. The van der Waals surface area contributed by atoms with Gasteiger partial charge in [-0.05, 0) is 49.3 Å². The summed E-state index contributed by atoms with van der Waals surface area (Å²) in [6.45, 7) is 1.97. The van der Waals surface area contributed by atoms with Crippen molar-refractivity contribution in [1.29, 1.82) is 0 Å². The smallest absolute Gasteiger partial charge is 0.270 e. The molecule has 1 N–H and O–H groups in total. The van der Waals surface area contributed by atoms with Crippen molar-refractivity contribution >= 4 is 11.7 Å². The fourth-order valence-electron chi connectivity index (χ4n) is 5.05. The zero-order valence-electron chi connectivity index (χ0n) is 15.6. The maximum Gasteiger partial charge on any atom is 0.270 e. The predicted molar refractivity (Wildman–Crippen MR) is 102 cm³/mol. The quantitative estimate of drug-likeness (QED) is 0.881. The molecule has 2 bridgehead atoms. The third-order valence-electron chi connectivity index (χ3n) is 6.39. The average molecular weight is 378 g/mol. The van der Waals surface area contributed by atoms with Gasteiger partial charge in [0.15, 0.2) is 11.5 Å². The molecule has 144 valence electrons. The molecule has 28 heavy (non-hydrogen) atoms. The van der Waals surface area contributed by atoms with Crippen molar-refractivity contribution in [3.05, 3.63) is 40.8 Å². The lowest BCUT2D eigenvalue weighted by atomic mass is 10.0. The number of carbonyl (C=O) groups excluding carboxylic acids is 1. The van der Waals surface area contributed by atoms with E-state index in [4.69, 9.17) is 14.5 Å². The van der Waals surface area contributed by atoms with E-state index in [-0.39, 0.29) is 12.7 Å². The molecule has 0 spiro atoms. The van der Waals surface area contributed by atoms with Gasteiger partial charge in [0.1, 0.15) is 17.3 Å². The van der Waals surface area contributed by atoms with Gasteiger partial charge < -0.3 is 19.7 Å². The van der Waals surface area contributed by atoms with E-state index in [1.54, 1.807) is 0 Å². The van der Waals surface area contributed by atoms with E-state index < -0.39 is 0 Å². The van der Waals surface area contributed by atoms with Crippen molar-refractivity contribution in [1.82, 2.24) is 15.3 Å².